The van der Waals surface area contributed by atoms with Gasteiger partial charge in [0.05, 0.1) is 0 Å². The van der Waals surface area contributed by atoms with Gasteiger partial charge in [-0.25, -0.2) is 0 Å². The van der Waals surface area contributed by atoms with Gasteiger partial charge in [0, 0.05) is 51.8 Å². The van der Waals surface area contributed by atoms with Crippen LogP contribution in [0.3, 0.4) is 0 Å². The third-order valence-corrected chi connectivity index (χ3v) is 7.32. The van der Waals surface area contributed by atoms with Crippen LogP contribution >= 0.6 is 45.7 Å². The smallest absolute Gasteiger partial charge is 0.0311 e. The van der Waals surface area contributed by atoms with Crippen molar-refractivity contribution in [2.24, 2.45) is 14.1 Å². The van der Waals surface area contributed by atoms with Crippen LogP contribution < -0.4 is 0 Å². The molecular formula is C16H23I2N3Pt. The fraction of sp³-hybridized carbons (Fsp3) is 0.562. The molecule has 2 aromatic rings. The Hall–Kier alpha value is 0.798. The topological polar surface area (TPSA) is 13.1 Å². The minimum atomic E-state index is 0.851. The second-order valence-corrected chi connectivity index (χ2v) is 10.7. The predicted octanol–water partition coefficient (Wildman–Crippen LogP) is 5.31. The van der Waals surface area contributed by atoms with Gasteiger partial charge in [-0.05, 0) is 12.8 Å². The van der Waals surface area contributed by atoms with Crippen LogP contribution in [-0.4, -0.2) is 16.5 Å². The Labute approximate surface area is 171 Å². The number of halogens is 2. The number of hydrogen-bond acceptors (Lipinski definition) is 1. The summed E-state index contributed by atoms with van der Waals surface area (Å²) in [6.45, 7) is 0. The number of benzene rings is 1. The number of nitrogens with zero attached hydrogens (tertiary/aromatic N) is 3. The van der Waals surface area contributed by atoms with Gasteiger partial charge < -0.3 is 0 Å². The molecule has 1 aliphatic rings. The number of para-hydroxylation sites is 2. The molecule has 3 nitrogen and oxygen atoms in total. The van der Waals surface area contributed by atoms with E-state index < -0.39 is 0 Å². The summed E-state index contributed by atoms with van der Waals surface area (Å²) in [6, 6.07) is 9.26. The van der Waals surface area contributed by atoms with Gasteiger partial charge in [-0.1, -0.05) is 25.7 Å². The summed E-state index contributed by atoms with van der Waals surface area (Å²) >= 11 is 7.13. The molecule has 1 heterocycles. The van der Waals surface area contributed by atoms with Crippen molar-refractivity contribution < 1.29 is 19.4 Å². The molecule has 0 radical (unpaired) electrons. The molecule has 0 amide bonds. The fourth-order valence-electron chi connectivity index (χ4n) is 2.89. The van der Waals surface area contributed by atoms with E-state index in [1.54, 1.807) is 0 Å². The zero-order valence-electron chi connectivity index (χ0n) is 13.0. The second-order valence-electron chi connectivity index (χ2n) is 5.75. The van der Waals surface area contributed by atoms with Crippen LogP contribution in [0.2, 0.25) is 0 Å². The Bertz CT molecular complexity index is 613. The van der Waals surface area contributed by atoms with Crippen molar-refractivity contribution in [2.45, 2.75) is 44.6 Å². The molecule has 1 saturated carbocycles. The summed E-state index contributed by atoms with van der Waals surface area (Å²) < 4.78 is 7.95. The van der Waals surface area contributed by atoms with Gasteiger partial charge in [-0.3, -0.25) is 0 Å². The van der Waals surface area contributed by atoms with Crippen molar-refractivity contribution in [2.75, 3.05) is 0 Å². The molecule has 126 valence electrons. The maximum absolute atomic E-state index is 2.40. The summed E-state index contributed by atoms with van der Waals surface area (Å²) in [5.74, 6) is 0. The van der Waals surface area contributed by atoms with Gasteiger partial charge >= 0.3 is 81.7 Å². The van der Waals surface area contributed by atoms with E-state index in [1.807, 2.05) is 0 Å². The molecule has 0 bridgehead atoms. The van der Waals surface area contributed by atoms with Crippen molar-refractivity contribution in [3.8, 4) is 0 Å². The summed E-state index contributed by atoms with van der Waals surface area (Å²) in [5.41, 5.74) is 2.56. The first-order valence-electron chi connectivity index (χ1n) is 7.69. The van der Waals surface area contributed by atoms with Crippen molar-refractivity contribution in [3.63, 3.8) is 0 Å². The molecule has 0 aliphatic heterocycles. The Morgan fingerprint density at radius 1 is 0.955 bits per heavy atom. The van der Waals surface area contributed by atoms with E-state index >= 15 is 0 Å². The maximum atomic E-state index is 2.40. The van der Waals surface area contributed by atoms with Crippen molar-refractivity contribution in [3.05, 3.63) is 28.1 Å². The van der Waals surface area contributed by atoms with Crippen LogP contribution in [0.4, 0.5) is 0 Å². The minimum absolute atomic E-state index is 0.851. The van der Waals surface area contributed by atoms with Crippen LogP contribution in [0.15, 0.2) is 24.3 Å². The largest absolute Gasteiger partial charge is 0.185 e. The molecule has 1 aromatic heterocycles. The first-order chi connectivity index (χ1) is 10.5. The number of imidazole rings is 1. The van der Waals surface area contributed by atoms with Gasteiger partial charge in [0.25, 0.3) is 0 Å². The van der Waals surface area contributed by atoms with Gasteiger partial charge in [0.15, 0.2) is 0 Å². The van der Waals surface area contributed by atoms with Crippen molar-refractivity contribution in [1.82, 2.24) is 10.5 Å². The molecule has 0 saturated heterocycles. The molecule has 0 N–H and O–H groups in total. The molecule has 0 unspecified atom stereocenters. The molecule has 6 heteroatoms. The standard InChI is InChI=1S/C9H10N2.C7H13I2N.Pt/c1-10-7-11(2)9-6-4-3-5-8(9)10;8-10(9)7-5-3-1-2-4-6-7;/h3-6H,1-2H3;7H,1-6H2;. The Morgan fingerprint density at radius 2 is 1.41 bits per heavy atom. The van der Waals surface area contributed by atoms with E-state index in [0.29, 0.717) is 0 Å². The van der Waals surface area contributed by atoms with Gasteiger partial charge in [-0.15, -0.1) is 0 Å². The monoisotopic (exact) mass is 706 g/mol. The van der Waals surface area contributed by atoms with E-state index in [4.69, 9.17) is 0 Å². The summed E-state index contributed by atoms with van der Waals surface area (Å²) in [5, 5.41) is 0. The zero-order valence-corrected chi connectivity index (χ0v) is 19.6. The molecule has 22 heavy (non-hydrogen) atoms. The third-order valence-electron chi connectivity index (χ3n) is 4.22. The fourth-order valence-corrected chi connectivity index (χ4v) is 4.55. The quantitative estimate of drug-likeness (QED) is 0.223. The van der Waals surface area contributed by atoms with Crippen LogP contribution in [0.1, 0.15) is 38.5 Å². The number of fused-ring (bicyclic) bond motifs is 1. The molecule has 0 atom stereocenters. The predicted molar refractivity (Wildman–Crippen MR) is 107 cm³/mol. The van der Waals surface area contributed by atoms with Crippen LogP contribution in [0, 0.1) is 3.80 Å². The van der Waals surface area contributed by atoms with Crippen LogP contribution in [0.5, 0.6) is 0 Å². The van der Waals surface area contributed by atoms with E-state index in [0.717, 1.165) is 6.04 Å². The van der Waals surface area contributed by atoms with E-state index in [9.17, 15) is 0 Å². The first-order valence-corrected chi connectivity index (χ1v) is 10.8. The number of hydrogen-bond donors (Lipinski definition) is 0. The molecular weight excluding hydrogens is 683 g/mol. The summed E-state index contributed by atoms with van der Waals surface area (Å²) in [6.07, 6.45) is 8.60. The van der Waals surface area contributed by atoms with E-state index in [2.05, 4.69) is 114 Å². The van der Waals surface area contributed by atoms with Crippen molar-refractivity contribution in [1.29, 1.82) is 0 Å². The first kappa shape index (κ1) is 19.1. The van der Waals surface area contributed by atoms with Crippen molar-refractivity contribution >= 4 is 56.8 Å². The van der Waals surface area contributed by atoms with Crippen LogP contribution in [0.25, 0.3) is 11.0 Å². The normalized spacial score (nSPS) is 16.5. The average Bonchev–Trinajstić information content (AvgIpc) is 2.75. The Balaban J connectivity index is 0.000000164. The molecule has 1 fully saturated rings. The van der Waals surface area contributed by atoms with E-state index in [1.165, 1.54) is 53.4 Å². The third kappa shape index (κ3) is 4.90. The maximum Gasteiger partial charge on any atom is 0.0311 e. The number of aromatic nitrogens is 2. The zero-order chi connectivity index (χ0) is 16.1. The SMILES string of the molecule is Cn1[c](=[Pt])n(C)c2ccccc21.IN(I)C1CCCCCC1. The van der Waals surface area contributed by atoms with Gasteiger partial charge in [-0.2, -0.15) is 1.33 Å². The summed E-state index contributed by atoms with van der Waals surface area (Å²) in [7, 11) is 4.18. The number of aryl methyl sites for hydroxylation is 2. The summed E-state index contributed by atoms with van der Waals surface area (Å²) in [4.78, 5) is 0. The van der Waals surface area contributed by atoms with Gasteiger partial charge in [0.1, 0.15) is 0 Å². The molecule has 1 aromatic carbocycles. The average molecular weight is 706 g/mol. The minimum Gasteiger partial charge on any atom is -0.185 e. The molecule has 3 rings (SSSR count). The van der Waals surface area contributed by atoms with Gasteiger partial charge in [0.2, 0.25) is 0 Å². The van der Waals surface area contributed by atoms with Crippen LogP contribution in [-0.2, 0) is 33.4 Å². The number of rotatable bonds is 1. The molecule has 0 spiro atoms. The molecule has 1 aliphatic carbocycles. The Morgan fingerprint density at radius 3 is 1.82 bits per heavy atom. The second kappa shape index (κ2) is 9.33. The Kier molecular flexibility index (Phi) is 8.11. The van der Waals surface area contributed by atoms with E-state index in [-0.39, 0.29) is 0 Å².